The lowest BCUT2D eigenvalue weighted by molar-refractivity contribution is -0.384. The Balaban J connectivity index is 1.88. The number of nitrogens with one attached hydrogen (secondary N) is 1. The minimum Gasteiger partial charge on any atom is -0.379 e. The molecule has 1 aromatic heterocycles. The van der Waals surface area contributed by atoms with Gasteiger partial charge in [0.2, 0.25) is 10.0 Å². The molecule has 1 fully saturated rings. The number of hydrogen-bond donors (Lipinski definition) is 1. The molecule has 0 saturated carbocycles. The van der Waals surface area contributed by atoms with Crippen molar-refractivity contribution in [3.8, 4) is 0 Å². The van der Waals surface area contributed by atoms with Crippen LogP contribution in [0.25, 0.3) is 0 Å². The molecule has 28 heavy (non-hydrogen) atoms. The van der Waals surface area contributed by atoms with Crippen molar-refractivity contribution in [3.05, 3.63) is 58.4 Å². The number of morpholine rings is 1. The summed E-state index contributed by atoms with van der Waals surface area (Å²) in [6, 6.07) is 7.27. The first-order chi connectivity index (χ1) is 13.4. The van der Waals surface area contributed by atoms with Gasteiger partial charge in [0.05, 0.1) is 28.7 Å². The van der Waals surface area contributed by atoms with Crippen LogP contribution in [0.3, 0.4) is 0 Å². The molecular formula is C17H19N5O5S. The molecule has 0 unspecified atom stereocenters. The standard InChI is InChI=1S/C17H19N5O5S/c1-13(14-3-2-6-18-12-14)19-20-16-5-4-15(11-17(16)22(23)24)28(25,26)21-7-9-27-10-8-21/h2-6,11-12,20H,7-10H2,1H3/b19-13+. The SMILES string of the molecule is C/C(=N\Nc1ccc(S(=O)(=O)N2CCOCC2)cc1[N+](=O)[O-])c1cccnc1. The van der Waals surface area contributed by atoms with E-state index in [1.807, 2.05) is 0 Å². The van der Waals surface area contributed by atoms with Gasteiger partial charge >= 0.3 is 0 Å². The highest BCUT2D eigenvalue weighted by Gasteiger charge is 2.28. The second kappa shape index (κ2) is 8.42. The maximum atomic E-state index is 12.7. The van der Waals surface area contributed by atoms with Gasteiger partial charge in [-0.25, -0.2) is 8.42 Å². The highest BCUT2D eigenvalue weighted by molar-refractivity contribution is 7.89. The lowest BCUT2D eigenvalue weighted by atomic mass is 10.2. The zero-order valence-corrected chi connectivity index (χ0v) is 15.9. The van der Waals surface area contributed by atoms with Crippen LogP contribution in [-0.4, -0.2) is 54.6 Å². The third kappa shape index (κ3) is 4.32. The highest BCUT2D eigenvalue weighted by atomic mass is 32.2. The van der Waals surface area contributed by atoms with E-state index in [9.17, 15) is 18.5 Å². The average Bonchev–Trinajstić information content (AvgIpc) is 2.73. The predicted molar refractivity (Wildman–Crippen MR) is 103 cm³/mol. The summed E-state index contributed by atoms with van der Waals surface area (Å²) in [5, 5.41) is 15.6. The summed E-state index contributed by atoms with van der Waals surface area (Å²) >= 11 is 0. The summed E-state index contributed by atoms with van der Waals surface area (Å²) in [6.45, 7) is 2.75. The second-order valence-electron chi connectivity index (χ2n) is 6.00. The third-order valence-electron chi connectivity index (χ3n) is 4.20. The Morgan fingerprint density at radius 3 is 2.71 bits per heavy atom. The molecule has 0 spiro atoms. The van der Waals surface area contributed by atoms with E-state index in [4.69, 9.17) is 4.74 Å². The van der Waals surface area contributed by atoms with Crippen molar-refractivity contribution >= 4 is 27.1 Å². The molecule has 1 aliphatic rings. The summed E-state index contributed by atoms with van der Waals surface area (Å²) in [6.07, 6.45) is 3.25. The van der Waals surface area contributed by atoms with Crippen molar-refractivity contribution in [2.45, 2.75) is 11.8 Å². The quantitative estimate of drug-likeness (QED) is 0.441. The van der Waals surface area contributed by atoms with E-state index < -0.39 is 14.9 Å². The monoisotopic (exact) mass is 405 g/mol. The fraction of sp³-hybridized carbons (Fsp3) is 0.294. The van der Waals surface area contributed by atoms with Crippen LogP contribution in [0.2, 0.25) is 0 Å². The largest absolute Gasteiger partial charge is 0.379 e. The van der Waals surface area contributed by atoms with Gasteiger partial charge in [-0.3, -0.25) is 20.5 Å². The number of nitrogens with zero attached hydrogens (tertiary/aromatic N) is 4. The molecule has 10 nitrogen and oxygen atoms in total. The van der Waals surface area contributed by atoms with Gasteiger partial charge in [-0.2, -0.15) is 9.41 Å². The van der Waals surface area contributed by atoms with E-state index in [1.54, 1.807) is 31.5 Å². The summed E-state index contributed by atoms with van der Waals surface area (Å²) < 4.78 is 31.9. The Morgan fingerprint density at radius 2 is 2.07 bits per heavy atom. The fourth-order valence-corrected chi connectivity index (χ4v) is 4.07. The molecule has 1 aromatic carbocycles. The zero-order valence-electron chi connectivity index (χ0n) is 15.1. The van der Waals surface area contributed by atoms with Crippen LogP contribution in [0.5, 0.6) is 0 Å². The molecule has 2 heterocycles. The number of aromatic nitrogens is 1. The van der Waals surface area contributed by atoms with Crippen LogP contribution in [0.4, 0.5) is 11.4 Å². The lowest BCUT2D eigenvalue weighted by Gasteiger charge is -2.26. The minimum atomic E-state index is -3.83. The summed E-state index contributed by atoms with van der Waals surface area (Å²) in [7, 11) is -3.83. The van der Waals surface area contributed by atoms with Gasteiger partial charge in [0.1, 0.15) is 5.69 Å². The van der Waals surface area contributed by atoms with E-state index in [1.165, 1.54) is 16.4 Å². The number of sulfonamides is 1. The number of hydrazone groups is 1. The Morgan fingerprint density at radius 1 is 1.32 bits per heavy atom. The first-order valence-electron chi connectivity index (χ1n) is 8.46. The number of anilines is 1. The van der Waals surface area contributed by atoms with E-state index >= 15 is 0 Å². The smallest absolute Gasteiger partial charge is 0.295 e. The third-order valence-corrected chi connectivity index (χ3v) is 6.09. The van der Waals surface area contributed by atoms with E-state index in [-0.39, 0.29) is 29.4 Å². The normalized spacial score (nSPS) is 16.0. The molecule has 0 radical (unpaired) electrons. The van der Waals surface area contributed by atoms with Crippen LogP contribution in [0, 0.1) is 10.1 Å². The van der Waals surface area contributed by atoms with E-state index in [2.05, 4.69) is 15.5 Å². The predicted octanol–water partition coefficient (Wildman–Crippen LogP) is 1.85. The molecule has 1 saturated heterocycles. The molecule has 11 heteroatoms. The van der Waals surface area contributed by atoms with E-state index in [0.29, 0.717) is 18.9 Å². The molecular weight excluding hydrogens is 386 g/mol. The Kier molecular flexibility index (Phi) is 5.97. The van der Waals surface area contributed by atoms with Gasteiger partial charge in [-0.05, 0) is 25.1 Å². The van der Waals surface area contributed by atoms with Gasteiger partial charge in [0.25, 0.3) is 5.69 Å². The van der Waals surface area contributed by atoms with Gasteiger partial charge in [-0.1, -0.05) is 6.07 Å². The molecule has 0 bridgehead atoms. The van der Waals surface area contributed by atoms with Gasteiger partial charge < -0.3 is 4.74 Å². The van der Waals surface area contributed by atoms with Crippen LogP contribution < -0.4 is 5.43 Å². The van der Waals surface area contributed by atoms with Crippen LogP contribution in [0.15, 0.2) is 52.7 Å². The number of nitro groups is 1. The molecule has 2 aromatic rings. The Hall–Kier alpha value is -2.89. The number of pyridine rings is 1. The maximum absolute atomic E-state index is 12.7. The van der Waals surface area contributed by atoms with Crippen molar-refractivity contribution in [2.24, 2.45) is 5.10 Å². The summed E-state index contributed by atoms with van der Waals surface area (Å²) in [5.41, 5.74) is 3.69. The van der Waals surface area contributed by atoms with Crippen molar-refractivity contribution in [2.75, 3.05) is 31.7 Å². The zero-order chi connectivity index (χ0) is 20.1. The fourth-order valence-electron chi connectivity index (χ4n) is 2.64. The highest BCUT2D eigenvalue weighted by Crippen LogP contribution is 2.29. The minimum absolute atomic E-state index is 0.0918. The molecule has 0 atom stereocenters. The number of hydrogen-bond acceptors (Lipinski definition) is 8. The van der Waals surface area contributed by atoms with Crippen LogP contribution in [-0.2, 0) is 14.8 Å². The molecule has 0 amide bonds. The van der Waals surface area contributed by atoms with Gasteiger partial charge in [0, 0.05) is 37.1 Å². The molecule has 1 aliphatic heterocycles. The number of ether oxygens (including phenoxy) is 1. The van der Waals surface area contributed by atoms with Crippen molar-refractivity contribution in [3.63, 3.8) is 0 Å². The second-order valence-corrected chi connectivity index (χ2v) is 7.94. The number of benzene rings is 1. The van der Waals surface area contributed by atoms with Crippen molar-refractivity contribution < 1.29 is 18.1 Å². The maximum Gasteiger partial charge on any atom is 0.295 e. The Labute approximate surface area is 162 Å². The summed E-state index contributed by atoms with van der Waals surface area (Å²) in [4.78, 5) is 14.7. The van der Waals surface area contributed by atoms with Gasteiger partial charge in [-0.15, -0.1) is 0 Å². The van der Waals surface area contributed by atoms with E-state index in [0.717, 1.165) is 11.6 Å². The number of nitro benzene ring substituents is 1. The first-order valence-corrected chi connectivity index (χ1v) is 9.90. The molecule has 0 aliphatic carbocycles. The molecule has 148 valence electrons. The van der Waals surface area contributed by atoms with Gasteiger partial charge in [0.15, 0.2) is 0 Å². The van der Waals surface area contributed by atoms with Crippen LogP contribution >= 0.6 is 0 Å². The molecule has 3 rings (SSSR count). The topological polar surface area (TPSA) is 127 Å². The number of rotatable bonds is 6. The lowest BCUT2D eigenvalue weighted by Crippen LogP contribution is -2.40. The first kappa shape index (κ1) is 19.9. The average molecular weight is 405 g/mol. The Bertz CT molecular complexity index is 988. The van der Waals surface area contributed by atoms with Crippen LogP contribution in [0.1, 0.15) is 12.5 Å². The van der Waals surface area contributed by atoms with Crippen molar-refractivity contribution in [1.82, 2.24) is 9.29 Å². The summed E-state index contributed by atoms with van der Waals surface area (Å²) in [5.74, 6) is 0. The van der Waals surface area contributed by atoms with Crippen molar-refractivity contribution in [1.29, 1.82) is 0 Å². The molecule has 1 N–H and O–H groups in total.